The molecule has 1 aromatic heterocycles. The Morgan fingerprint density at radius 3 is 2.17 bits per heavy atom. The van der Waals surface area contributed by atoms with Crippen LogP contribution in [0.5, 0.6) is 0 Å². The number of primary amides is 1. The number of nitrogens with one attached hydrogen (secondary N) is 1. The van der Waals surface area contributed by atoms with Gasteiger partial charge in [-0.3, -0.25) is 4.79 Å². The van der Waals surface area contributed by atoms with Gasteiger partial charge in [0.1, 0.15) is 5.69 Å². The zero-order valence-electron chi connectivity index (χ0n) is 9.27. The maximum atomic E-state index is 13.1. The van der Waals surface area contributed by atoms with Crippen LogP contribution in [0.2, 0.25) is 0 Å². The molecule has 3 N–H and O–H groups in total. The summed E-state index contributed by atoms with van der Waals surface area (Å²) >= 11 is 0. The number of hydrogen-bond donors (Lipinski definition) is 2. The third-order valence-corrected chi connectivity index (χ3v) is 2.15. The van der Waals surface area contributed by atoms with Gasteiger partial charge >= 0.3 is 0 Å². The average Bonchev–Trinajstić information content (AvgIpc) is 2.30. The Kier molecular flexibility index (Phi) is 4.87. The molecule has 0 saturated carbocycles. The molecule has 1 heterocycles. The normalized spacial score (nSPS) is 10.4. The van der Waals surface area contributed by atoms with Crippen LogP contribution in [0.15, 0.2) is 0 Å². The number of amides is 1. The van der Waals surface area contributed by atoms with Gasteiger partial charge in [0.25, 0.3) is 11.9 Å². The Hall–Kier alpha value is -1.86. The number of halogens is 4. The largest absolute Gasteiger partial charge is 0.380 e. The standard InChI is InChI=1S/C10H11F4N3O/c11-6-8(7(12)10(14)17-9(6)13)16-4-2-1-3-5(15)18/h1-4H2,(H2,15,18)(H,16,17). The second-order valence-electron chi connectivity index (χ2n) is 3.55. The van der Waals surface area contributed by atoms with Crippen molar-refractivity contribution in [3.05, 3.63) is 23.5 Å². The van der Waals surface area contributed by atoms with Crippen LogP contribution in [0.3, 0.4) is 0 Å². The SMILES string of the molecule is NC(=O)CCCCNc1c(F)c(F)nc(F)c1F. The minimum absolute atomic E-state index is 0.0456. The maximum absolute atomic E-state index is 13.1. The third-order valence-electron chi connectivity index (χ3n) is 2.15. The molecule has 0 aliphatic heterocycles. The van der Waals surface area contributed by atoms with Gasteiger partial charge in [0.2, 0.25) is 17.5 Å². The molecule has 0 atom stereocenters. The lowest BCUT2D eigenvalue weighted by molar-refractivity contribution is -0.118. The number of rotatable bonds is 6. The number of anilines is 1. The van der Waals surface area contributed by atoms with Crippen molar-refractivity contribution in [3.8, 4) is 0 Å². The molecular formula is C10H11F4N3O. The first-order valence-electron chi connectivity index (χ1n) is 5.15. The molecule has 0 aliphatic carbocycles. The topological polar surface area (TPSA) is 68.0 Å². The fourth-order valence-corrected chi connectivity index (χ4v) is 1.28. The van der Waals surface area contributed by atoms with Gasteiger partial charge in [-0.25, -0.2) is 0 Å². The fourth-order valence-electron chi connectivity index (χ4n) is 1.28. The molecule has 0 aliphatic rings. The minimum atomic E-state index is -1.71. The molecule has 0 aromatic carbocycles. The van der Waals surface area contributed by atoms with Crippen molar-refractivity contribution in [3.63, 3.8) is 0 Å². The summed E-state index contributed by atoms with van der Waals surface area (Å²) in [7, 11) is 0. The first-order chi connectivity index (χ1) is 8.43. The molecule has 0 radical (unpaired) electrons. The molecule has 1 rings (SSSR count). The summed E-state index contributed by atoms with van der Waals surface area (Å²) in [5.41, 5.74) is 3.98. The van der Waals surface area contributed by atoms with Crippen LogP contribution in [0.4, 0.5) is 23.2 Å². The van der Waals surface area contributed by atoms with Crippen molar-refractivity contribution < 1.29 is 22.4 Å². The van der Waals surface area contributed by atoms with E-state index >= 15 is 0 Å². The molecular weight excluding hydrogens is 254 g/mol. The second kappa shape index (κ2) is 6.18. The van der Waals surface area contributed by atoms with Gasteiger partial charge in [-0.05, 0) is 12.8 Å². The predicted octanol–water partition coefficient (Wildman–Crippen LogP) is 1.71. The molecule has 0 spiro atoms. The number of hydrogen-bond acceptors (Lipinski definition) is 3. The molecule has 8 heteroatoms. The van der Waals surface area contributed by atoms with Crippen LogP contribution in [0.1, 0.15) is 19.3 Å². The van der Waals surface area contributed by atoms with E-state index in [0.29, 0.717) is 12.8 Å². The van der Waals surface area contributed by atoms with E-state index in [2.05, 4.69) is 10.3 Å². The van der Waals surface area contributed by atoms with E-state index in [1.807, 2.05) is 0 Å². The smallest absolute Gasteiger partial charge is 0.253 e. The summed E-state index contributed by atoms with van der Waals surface area (Å²) in [6.45, 7) is 0.0456. The zero-order valence-corrected chi connectivity index (χ0v) is 9.27. The molecule has 0 fully saturated rings. The highest BCUT2D eigenvalue weighted by Gasteiger charge is 2.20. The number of pyridine rings is 1. The first kappa shape index (κ1) is 14.2. The summed E-state index contributed by atoms with van der Waals surface area (Å²) in [5.74, 6) is -7.08. The number of unbranched alkanes of at least 4 members (excludes halogenated alkanes) is 1. The van der Waals surface area contributed by atoms with Gasteiger partial charge in [-0.15, -0.1) is 0 Å². The summed E-state index contributed by atoms with van der Waals surface area (Å²) in [6, 6.07) is 0. The molecule has 0 bridgehead atoms. The van der Waals surface area contributed by atoms with Gasteiger partial charge < -0.3 is 11.1 Å². The lowest BCUT2D eigenvalue weighted by atomic mass is 10.2. The van der Waals surface area contributed by atoms with Gasteiger partial charge in [-0.1, -0.05) is 0 Å². The Morgan fingerprint density at radius 1 is 1.11 bits per heavy atom. The summed E-state index contributed by atoms with van der Waals surface area (Å²) in [4.78, 5) is 12.8. The van der Waals surface area contributed by atoms with Gasteiger partial charge in [-0.2, -0.15) is 22.5 Å². The molecule has 0 saturated heterocycles. The quantitative estimate of drug-likeness (QED) is 0.467. The zero-order chi connectivity index (χ0) is 13.7. The number of nitrogens with zero attached hydrogens (tertiary/aromatic N) is 1. The van der Waals surface area contributed by atoms with E-state index in [9.17, 15) is 22.4 Å². The van der Waals surface area contributed by atoms with Gasteiger partial charge in [0.15, 0.2) is 0 Å². The lowest BCUT2D eigenvalue weighted by Gasteiger charge is -2.08. The van der Waals surface area contributed by atoms with Crippen molar-refractivity contribution >= 4 is 11.6 Å². The predicted molar refractivity (Wildman–Crippen MR) is 55.6 cm³/mol. The van der Waals surface area contributed by atoms with E-state index in [0.717, 1.165) is 0 Å². The van der Waals surface area contributed by atoms with E-state index in [4.69, 9.17) is 5.73 Å². The summed E-state index contributed by atoms with van der Waals surface area (Å²) in [6.07, 6.45) is 0.903. The third kappa shape index (κ3) is 3.57. The first-order valence-corrected chi connectivity index (χ1v) is 5.15. The Morgan fingerprint density at radius 2 is 1.67 bits per heavy atom. The summed E-state index contributed by atoms with van der Waals surface area (Å²) < 4.78 is 51.6. The average molecular weight is 265 g/mol. The number of aromatic nitrogens is 1. The van der Waals surface area contributed by atoms with Crippen molar-refractivity contribution in [2.75, 3.05) is 11.9 Å². The second-order valence-corrected chi connectivity index (χ2v) is 3.55. The van der Waals surface area contributed by atoms with Crippen LogP contribution in [0.25, 0.3) is 0 Å². The van der Waals surface area contributed by atoms with E-state index < -0.39 is 35.1 Å². The van der Waals surface area contributed by atoms with Crippen molar-refractivity contribution in [1.29, 1.82) is 0 Å². The van der Waals surface area contributed by atoms with Crippen LogP contribution in [0, 0.1) is 23.5 Å². The number of carbonyl (C=O) groups excluding carboxylic acids is 1. The molecule has 18 heavy (non-hydrogen) atoms. The Labute approximate surface area is 100 Å². The monoisotopic (exact) mass is 265 g/mol. The van der Waals surface area contributed by atoms with Crippen LogP contribution in [-0.2, 0) is 4.79 Å². The van der Waals surface area contributed by atoms with E-state index in [1.54, 1.807) is 0 Å². The fraction of sp³-hybridized carbons (Fsp3) is 0.400. The highest BCUT2D eigenvalue weighted by molar-refractivity contribution is 5.73. The van der Waals surface area contributed by atoms with E-state index in [-0.39, 0.29) is 13.0 Å². The summed E-state index contributed by atoms with van der Waals surface area (Å²) in [5, 5.41) is 2.21. The number of carbonyl (C=O) groups is 1. The Bertz CT molecular complexity index is 427. The molecule has 1 aromatic rings. The molecule has 4 nitrogen and oxygen atoms in total. The van der Waals surface area contributed by atoms with Gasteiger partial charge in [0.05, 0.1) is 0 Å². The highest BCUT2D eigenvalue weighted by Crippen LogP contribution is 2.21. The van der Waals surface area contributed by atoms with Crippen molar-refractivity contribution in [1.82, 2.24) is 4.98 Å². The molecule has 0 unspecified atom stereocenters. The molecule has 1 amide bonds. The van der Waals surface area contributed by atoms with Crippen LogP contribution in [-0.4, -0.2) is 17.4 Å². The van der Waals surface area contributed by atoms with Crippen molar-refractivity contribution in [2.45, 2.75) is 19.3 Å². The molecule has 100 valence electrons. The van der Waals surface area contributed by atoms with Gasteiger partial charge in [0, 0.05) is 13.0 Å². The van der Waals surface area contributed by atoms with Crippen LogP contribution < -0.4 is 11.1 Å². The van der Waals surface area contributed by atoms with E-state index in [1.165, 1.54) is 0 Å². The van der Waals surface area contributed by atoms with Crippen LogP contribution >= 0.6 is 0 Å². The lowest BCUT2D eigenvalue weighted by Crippen LogP contribution is -2.12. The van der Waals surface area contributed by atoms with Crippen molar-refractivity contribution in [2.24, 2.45) is 5.73 Å². The Balaban J connectivity index is 2.59. The maximum Gasteiger partial charge on any atom is 0.253 e. The number of nitrogens with two attached hydrogens (primary N) is 1. The minimum Gasteiger partial charge on any atom is -0.380 e. The highest BCUT2D eigenvalue weighted by atomic mass is 19.2.